The lowest BCUT2D eigenvalue weighted by molar-refractivity contribution is 0.0512. The van der Waals surface area contributed by atoms with E-state index in [1.165, 1.54) is 16.7 Å². The first-order chi connectivity index (χ1) is 18.8. The van der Waals surface area contributed by atoms with Gasteiger partial charge in [0.2, 0.25) is 0 Å². The first kappa shape index (κ1) is 28.6. The van der Waals surface area contributed by atoms with Crippen molar-refractivity contribution in [3.8, 4) is 0 Å². The van der Waals surface area contributed by atoms with Crippen LogP contribution in [0.1, 0.15) is 37.5 Å². The topological polar surface area (TPSA) is 50.4 Å². The van der Waals surface area contributed by atoms with E-state index in [0.717, 1.165) is 5.69 Å². The van der Waals surface area contributed by atoms with Crippen LogP contribution in [0, 0.1) is 0 Å². The number of carbonyl (C=O) groups excluding carboxylic acids is 1. The number of rotatable bonds is 10. The number of halogens is 1. The zero-order valence-electron chi connectivity index (χ0n) is 22.6. The molecule has 4 nitrogen and oxygen atoms in total. The van der Waals surface area contributed by atoms with Gasteiger partial charge in [-0.25, -0.2) is 4.79 Å². The van der Waals surface area contributed by atoms with Gasteiger partial charge in [0.15, 0.2) is 0 Å². The van der Waals surface area contributed by atoms with Crippen LogP contribution in [-0.4, -0.2) is 30.0 Å². The van der Waals surface area contributed by atoms with Crippen molar-refractivity contribution in [3.63, 3.8) is 0 Å². The maximum atomic E-state index is 12.9. The molecule has 6 heteroatoms. The van der Waals surface area contributed by atoms with Gasteiger partial charge < -0.3 is 15.4 Å². The molecule has 0 radical (unpaired) electrons. The van der Waals surface area contributed by atoms with Crippen molar-refractivity contribution in [1.29, 1.82) is 0 Å². The van der Waals surface area contributed by atoms with Crippen LogP contribution in [-0.2, 0) is 9.48 Å². The van der Waals surface area contributed by atoms with Crippen LogP contribution in [0.3, 0.4) is 0 Å². The quantitative estimate of drug-likeness (QED) is 0.192. The van der Waals surface area contributed by atoms with Crippen LogP contribution in [0.4, 0.5) is 10.5 Å². The highest BCUT2D eigenvalue weighted by atomic mass is 35.5. The van der Waals surface area contributed by atoms with E-state index >= 15 is 0 Å². The minimum atomic E-state index is -0.593. The van der Waals surface area contributed by atoms with Crippen molar-refractivity contribution < 1.29 is 9.53 Å². The Kier molecular flexibility index (Phi) is 9.60. The smallest absolute Gasteiger partial charge is 0.407 e. The normalized spacial score (nSPS) is 12.4. The number of alkyl carbamates (subject to hydrolysis) is 1. The molecule has 0 fully saturated rings. The van der Waals surface area contributed by atoms with Crippen molar-refractivity contribution in [2.45, 2.75) is 37.2 Å². The highest BCUT2D eigenvalue weighted by Crippen LogP contribution is 2.48. The Balaban J connectivity index is 1.69. The van der Waals surface area contributed by atoms with Gasteiger partial charge in [-0.05, 0) is 55.7 Å². The molecule has 0 spiro atoms. The molecule has 39 heavy (non-hydrogen) atoms. The number of ether oxygens (including phenoxy) is 1. The molecule has 0 aliphatic rings. The molecule has 4 rings (SSSR count). The fraction of sp³-hybridized carbons (Fsp3) is 0.242. The minimum Gasteiger partial charge on any atom is -0.444 e. The van der Waals surface area contributed by atoms with Crippen molar-refractivity contribution in [2.24, 2.45) is 0 Å². The molecule has 1 amide bonds. The lowest BCUT2D eigenvalue weighted by Gasteiger charge is -2.37. The minimum absolute atomic E-state index is 0.237. The maximum Gasteiger partial charge on any atom is 0.407 e. The molecule has 0 saturated heterocycles. The van der Waals surface area contributed by atoms with E-state index in [2.05, 4.69) is 83.4 Å². The number of anilines is 1. The molecular weight excluding hydrogens is 524 g/mol. The second kappa shape index (κ2) is 13.1. The van der Waals surface area contributed by atoms with Gasteiger partial charge >= 0.3 is 6.09 Å². The Hall–Kier alpha value is -3.41. The van der Waals surface area contributed by atoms with Crippen LogP contribution in [0.15, 0.2) is 115 Å². The summed E-state index contributed by atoms with van der Waals surface area (Å²) in [6.07, 6.45) is -0.439. The fourth-order valence-corrected chi connectivity index (χ4v) is 6.21. The Bertz CT molecular complexity index is 1230. The third kappa shape index (κ3) is 7.81. The second-order valence-electron chi connectivity index (χ2n) is 10.3. The van der Waals surface area contributed by atoms with Crippen molar-refractivity contribution in [1.82, 2.24) is 5.32 Å². The summed E-state index contributed by atoms with van der Waals surface area (Å²) in [5, 5.41) is 7.20. The van der Waals surface area contributed by atoms with Crippen molar-refractivity contribution in [2.75, 3.05) is 17.6 Å². The van der Waals surface area contributed by atoms with Gasteiger partial charge in [0.1, 0.15) is 5.60 Å². The van der Waals surface area contributed by atoms with E-state index in [1.807, 2.05) is 63.2 Å². The van der Waals surface area contributed by atoms with Crippen molar-refractivity contribution in [3.05, 3.63) is 137 Å². The highest BCUT2D eigenvalue weighted by Gasteiger charge is 2.37. The average Bonchev–Trinajstić information content (AvgIpc) is 2.93. The summed E-state index contributed by atoms with van der Waals surface area (Å²) in [6.45, 7) is 6.10. The van der Waals surface area contributed by atoms with Gasteiger partial charge in [-0.15, -0.1) is 11.8 Å². The van der Waals surface area contributed by atoms with Crippen LogP contribution in [0.5, 0.6) is 0 Å². The zero-order chi connectivity index (χ0) is 27.7. The van der Waals surface area contributed by atoms with Crippen LogP contribution < -0.4 is 10.6 Å². The Morgan fingerprint density at radius 3 is 1.77 bits per heavy atom. The molecule has 1 atom stereocenters. The summed E-state index contributed by atoms with van der Waals surface area (Å²) in [7, 11) is 0. The Morgan fingerprint density at radius 1 is 0.795 bits per heavy atom. The fourth-order valence-electron chi connectivity index (χ4n) is 4.46. The average molecular weight is 559 g/mol. The largest absolute Gasteiger partial charge is 0.444 e. The molecule has 0 aliphatic carbocycles. The number of carbonyl (C=O) groups is 1. The first-order valence-corrected chi connectivity index (χ1v) is 14.4. The summed E-state index contributed by atoms with van der Waals surface area (Å²) in [4.78, 5) is 12.9. The molecule has 0 aliphatic heterocycles. The first-order valence-electron chi connectivity index (χ1n) is 13.1. The summed E-state index contributed by atoms with van der Waals surface area (Å²) in [5.41, 5.74) is 3.82. The molecule has 4 aromatic rings. The zero-order valence-corrected chi connectivity index (χ0v) is 24.1. The van der Waals surface area contributed by atoms with Gasteiger partial charge in [0, 0.05) is 23.0 Å². The number of amides is 1. The predicted molar refractivity (Wildman–Crippen MR) is 165 cm³/mol. The van der Waals surface area contributed by atoms with E-state index in [4.69, 9.17) is 16.3 Å². The van der Waals surface area contributed by atoms with Gasteiger partial charge in [0.25, 0.3) is 0 Å². The second-order valence-corrected chi connectivity index (χ2v) is 12.0. The molecule has 0 heterocycles. The highest BCUT2D eigenvalue weighted by molar-refractivity contribution is 8.00. The number of hydrogen-bond acceptors (Lipinski definition) is 4. The van der Waals surface area contributed by atoms with Crippen LogP contribution in [0.2, 0.25) is 5.02 Å². The van der Waals surface area contributed by atoms with E-state index in [1.54, 1.807) is 11.8 Å². The number of nitrogens with one attached hydrogen (secondary N) is 2. The van der Waals surface area contributed by atoms with E-state index in [-0.39, 0.29) is 6.04 Å². The van der Waals surface area contributed by atoms with Gasteiger partial charge in [0.05, 0.1) is 10.8 Å². The molecule has 4 aromatic carbocycles. The van der Waals surface area contributed by atoms with Crippen LogP contribution in [0.25, 0.3) is 0 Å². The molecule has 0 bridgehead atoms. The summed E-state index contributed by atoms with van der Waals surface area (Å²) >= 11 is 8.01. The lowest BCUT2D eigenvalue weighted by atomic mass is 9.84. The Labute approximate surface area is 241 Å². The third-order valence-electron chi connectivity index (χ3n) is 6.14. The molecular formula is C33H35ClN2O2S. The molecule has 0 aromatic heterocycles. The predicted octanol–water partition coefficient (Wildman–Crippen LogP) is 8.37. The number of thioether (sulfide) groups is 1. The molecule has 0 saturated carbocycles. The van der Waals surface area contributed by atoms with E-state index in [0.29, 0.717) is 17.3 Å². The standard InChI is InChI=1S/C33H35ClN2O2S/c1-32(2,3)38-31(37)36-30(23-35-29-21-13-20-28(34)22-29)24-39-33(25-14-7-4-8-15-25,26-16-9-5-10-17-26)27-18-11-6-12-19-27/h4-22,30,35H,23-24H2,1-3H3,(H,36,37)/t30-/m1/s1. The molecule has 0 unspecified atom stereocenters. The summed E-state index contributed by atoms with van der Waals surface area (Å²) in [5.74, 6) is 0.617. The van der Waals surface area contributed by atoms with Gasteiger partial charge in [-0.3, -0.25) is 0 Å². The third-order valence-corrected chi connectivity index (χ3v) is 8.08. The van der Waals surface area contributed by atoms with E-state index < -0.39 is 16.4 Å². The number of hydrogen-bond donors (Lipinski definition) is 2. The summed E-state index contributed by atoms with van der Waals surface area (Å²) < 4.78 is 5.12. The molecule has 2 N–H and O–H groups in total. The van der Waals surface area contributed by atoms with E-state index in [9.17, 15) is 4.79 Å². The van der Waals surface area contributed by atoms with Gasteiger partial charge in [-0.1, -0.05) is 109 Å². The summed E-state index contributed by atoms with van der Waals surface area (Å²) in [6, 6.07) is 39.0. The van der Waals surface area contributed by atoms with Crippen LogP contribution >= 0.6 is 23.4 Å². The van der Waals surface area contributed by atoms with Crippen molar-refractivity contribution >= 4 is 35.1 Å². The SMILES string of the molecule is CC(C)(C)OC(=O)N[C@H](CNc1cccc(Cl)c1)CSC(c1ccccc1)(c1ccccc1)c1ccccc1. The maximum absolute atomic E-state index is 12.9. The Morgan fingerprint density at radius 2 is 1.31 bits per heavy atom. The number of benzene rings is 4. The lowest BCUT2D eigenvalue weighted by Crippen LogP contribution is -2.45. The van der Waals surface area contributed by atoms with Gasteiger partial charge in [-0.2, -0.15) is 0 Å². The monoisotopic (exact) mass is 558 g/mol. The molecule has 202 valence electrons.